The molecule has 0 bridgehead atoms. The molecule has 1 aliphatic carbocycles. The molecule has 110 valence electrons. The van der Waals surface area contributed by atoms with Crippen LogP contribution in [0.15, 0.2) is 0 Å². The van der Waals surface area contributed by atoms with E-state index in [-0.39, 0.29) is 6.04 Å². The minimum absolute atomic E-state index is 0.230. The average molecular weight is 386 g/mol. The number of alkyl halides is 4. The van der Waals surface area contributed by atoms with Gasteiger partial charge in [-0.2, -0.15) is 5.26 Å². The molecule has 0 saturated heterocycles. The maximum atomic E-state index is 12.4. The third kappa shape index (κ3) is 3.97. The molecular formula is C9H12Cl4N2O2S2. The average Bonchev–Trinajstić information content (AvgIpc) is 3.09. The number of halogens is 4. The Kier molecular flexibility index (Phi) is 5.63. The molecule has 0 aromatic heterocycles. The standard InChI is InChI=1S/C9H12Cl4N2O2S2/c1-8(2,5-14)19(16,17)15(6-3-4-6)18-9(12,13)7(10)11/h6-7H,3-4H2,1-2H3. The first-order chi connectivity index (χ1) is 8.45. The highest BCUT2D eigenvalue weighted by molar-refractivity contribution is 8.11. The molecule has 0 radical (unpaired) electrons. The quantitative estimate of drug-likeness (QED) is 0.516. The Balaban J connectivity index is 3.08. The van der Waals surface area contributed by atoms with Gasteiger partial charge in [-0.25, -0.2) is 8.42 Å². The Bertz CT molecular complexity index is 483. The van der Waals surface area contributed by atoms with Gasteiger partial charge in [0.25, 0.3) is 0 Å². The van der Waals surface area contributed by atoms with Crippen LogP contribution in [0.4, 0.5) is 0 Å². The highest BCUT2D eigenvalue weighted by Gasteiger charge is 2.50. The van der Waals surface area contributed by atoms with Crippen LogP contribution in [0.3, 0.4) is 0 Å². The summed E-state index contributed by atoms with van der Waals surface area (Å²) in [5, 5.41) is 9.01. The van der Waals surface area contributed by atoms with Gasteiger partial charge in [-0.1, -0.05) is 23.2 Å². The van der Waals surface area contributed by atoms with E-state index in [1.807, 2.05) is 0 Å². The van der Waals surface area contributed by atoms with Crippen molar-refractivity contribution in [2.45, 2.75) is 46.0 Å². The summed E-state index contributed by atoms with van der Waals surface area (Å²) in [5.41, 5.74) is 0. The van der Waals surface area contributed by atoms with Crippen LogP contribution in [-0.4, -0.2) is 31.4 Å². The van der Waals surface area contributed by atoms with Crippen LogP contribution in [0.2, 0.25) is 0 Å². The number of rotatable bonds is 6. The smallest absolute Gasteiger partial charge is 0.210 e. The van der Waals surface area contributed by atoms with Gasteiger partial charge in [0.05, 0.1) is 6.07 Å². The van der Waals surface area contributed by atoms with Crippen LogP contribution < -0.4 is 0 Å². The highest BCUT2D eigenvalue weighted by Crippen LogP contribution is 2.50. The van der Waals surface area contributed by atoms with E-state index in [9.17, 15) is 8.42 Å². The van der Waals surface area contributed by atoms with Gasteiger partial charge in [-0.15, -0.1) is 26.9 Å². The van der Waals surface area contributed by atoms with Gasteiger partial charge >= 0.3 is 0 Å². The highest BCUT2D eigenvalue weighted by atomic mass is 35.5. The van der Waals surface area contributed by atoms with E-state index < -0.39 is 23.3 Å². The summed E-state index contributed by atoms with van der Waals surface area (Å²) in [5.74, 6) is 0. The van der Waals surface area contributed by atoms with Gasteiger partial charge in [0, 0.05) is 6.04 Å². The Morgan fingerprint density at radius 3 is 2.16 bits per heavy atom. The summed E-state index contributed by atoms with van der Waals surface area (Å²) < 4.78 is 22.7. The molecule has 0 heterocycles. The van der Waals surface area contributed by atoms with Crippen LogP contribution in [-0.2, 0) is 10.0 Å². The van der Waals surface area contributed by atoms with Crippen LogP contribution in [0.1, 0.15) is 26.7 Å². The first-order valence-electron chi connectivity index (χ1n) is 5.26. The van der Waals surface area contributed by atoms with Crippen LogP contribution in [0.25, 0.3) is 0 Å². The van der Waals surface area contributed by atoms with E-state index in [1.54, 1.807) is 6.07 Å². The van der Waals surface area contributed by atoms with Crippen molar-refractivity contribution in [3.05, 3.63) is 0 Å². The van der Waals surface area contributed by atoms with E-state index >= 15 is 0 Å². The normalized spacial score (nSPS) is 17.8. The van der Waals surface area contributed by atoms with Gasteiger partial charge in [-0.3, -0.25) is 0 Å². The van der Waals surface area contributed by atoms with E-state index in [2.05, 4.69) is 0 Å². The fourth-order valence-electron chi connectivity index (χ4n) is 1.05. The summed E-state index contributed by atoms with van der Waals surface area (Å²) in [6.07, 6.45) is 1.37. The van der Waals surface area contributed by atoms with E-state index in [4.69, 9.17) is 51.7 Å². The van der Waals surface area contributed by atoms with Gasteiger partial charge in [0.1, 0.15) is 0 Å². The molecule has 1 rings (SSSR count). The molecule has 0 aromatic rings. The molecule has 0 amide bonds. The van der Waals surface area contributed by atoms with Crippen molar-refractivity contribution in [3.63, 3.8) is 0 Å². The second-order valence-corrected chi connectivity index (χ2v) is 11.3. The molecule has 1 aliphatic rings. The summed E-state index contributed by atoms with van der Waals surface area (Å²) >= 11 is 23.7. The molecule has 19 heavy (non-hydrogen) atoms. The van der Waals surface area contributed by atoms with E-state index in [0.29, 0.717) is 24.8 Å². The summed E-state index contributed by atoms with van der Waals surface area (Å²) in [6, 6.07) is 1.53. The topological polar surface area (TPSA) is 61.2 Å². The summed E-state index contributed by atoms with van der Waals surface area (Å²) in [7, 11) is -3.91. The van der Waals surface area contributed by atoms with Gasteiger partial charge < -0.3 is 0 Å². The second-order valence-electron chi connectivity index (χ2n) is 4.57. The van der Waals surface area contributed by atoms with Crippen molar-refractivity contribution < 1.29 is 8.42 Å². The zero-order chi connectivity index (χ0) is 15.1. The van der Waals surface area contributed by atoms with Gasteiger partial charge in [0.15, 0.2) is 9.58 Å². The maximum absolute atomic E-state index is 12.4. The molecule has 10 heteroatoms. The molecule has 4 nitrogen and oxygen atoms in total. The molecule has 0 N–H and O–H groups in total. The molecule has 0 unspecified atom stereocenters. The van der Waals surface area contributed by atoms with Crippen LogP contribution >= 0.6 is 58.4 Å². The molecule has 0 spiro atoms. The lowest BCUT2D eigenvalue weighted by atomic mass is 10.2. The number of sulfonamides is 1. The third-order valence-electron chi connectivity index (χ3n) is 2.46. The largest absolute Gasteiger partial charge is 0.242 e. The lowest BCUT2D eigenvalue weighted by Crippen LogP contribution is -2.43. The maximum Gasteiger partial charge on any atom is 0.242 e. The Morgan fingerprint density at radius 1 is 1.37 bits per heavy atom. The monoisotopic (exact) mass is 384 g/mol. The number of nitriles is 1. The molecule has 0 aliphatic heterocycles. The van der Waals surface area contributed by atoms with E-state index in [1.165, 1.54) is 13.8 Å². The molecule has 1 saturated carbocycles. The van der Waals surface area contributed by atoms with Crippen molar-refractivity contribution in [2.24, 2.45) is 0 Å². The molecular weight excluding hydrogens is 374 g/mol. The van der Waals surface area contributed by atoms with Crippen molar-refractivity contribution in [1.82, 2.24) is 3.71 Å². The first-order valence-corrected chi connectivity index (χ1v) is 9.10. The lowest BCUT2D eigenvalue weighted by Gasteiger charge is -2.31. The molecule has 0 aromatic carbocycles. The van der Waals surface area contributed by atoms with Crippen LogP contribution in [0.5, 0.6) is 0 Å². The third-order valence-corrected chi connectivity index (χ3v) is 8.60. The Labute approximate surface area is 137 Å². The number of nitrogens with zero attached hydrogens (tertiary/aromatic N) is 2. The second kappa shape index (κ2) is 5.96. The minimum atomic E-state index is -3.91. The SMILES string of the molecule is CC(C)(C#N)S(=O)(=O)N(SC(Cl)(Cl)C(Cl)Cl)C1CC1. The lowest BCUT2D eigenvalue weighted by molar-refractivity contribution is 0.516. The predicted octanol–water partition coefficient (Wildman–Crippen LogP) is 3.67. The zero-order valence-corrected chi connectivity index (χ0v) is 14.8. The summed E-state index contributed by atoms with van der Waals surface area (Å²) in [4.78, 5) is -1.18. The minimum Gasteiger partial charge on any atom is -0.210 e. The van der Waals surface area contributed by atoms with Crippen molar-refractivity contribution >= 4 is 68.4 Å². The molecule has 0 atom stereocenters. The van der Waals surface area contributed by atoms with Crippen LogP contribution in [0, 0.1) is 11.3 Å². The van der Waals surface area contributed by atoms with E-state index in [0.717, 1.165) is 3.71 Å². The zero-order valence-electron chi connectivity index (χ0n) is 10.1. The summed E-state index contributed by atoms with van der Waals surface area (Å²) in [6.45, 7) is 2.64. The van der Waals surface area contributed by atoms with Gasteiger partial charge in [0.2, 0.25) is 13.7 Å². The fourth-order valence-corrected chi connectivity index (χ4v) is 5.13. The fraction of sp³-hybridized carbons (Fsp3) is 0.889. The van der Waals surface area contributed by atoms with Gasteiger partial charge in [-0.05, 0) is 38.6 Å². The molecule has 1 fully saturated rings. The first kappa shape index (κ1) is 18.0. The predicted molar refractivity (Wildman–Crippen MR) is 81.0 cm³/mol. The number of hydrogen-bond acceptors (Lipinski definition) is 4. The van der Waals surface area contributed by atoms with Crippen molar-refractivity contribution in [1.29, 1.82) is 5.26 Å². The van der Waals surface area contributed by atoms with Crippen molar-refractivity contribution in [3.8, 4) is 6.07 Å². The van der Waals surface area contributed by atoms with Crippen molar-refractivity contribution in [2.75, 3.05) is 0 Å². The number of hydrogen-bond donors (Lipinski definition) is 0. The Hall–Kier alpha value is 0.910. The Morgan fingerprint density at radius 2 is 1.84 bits per heavy atom.